The fourth-order valence-electron chi connectivity index (χ4n) is 2.82. The number of benzene rings is 3. The van der Waals surface area contributed by atoms with Crippen molar-refractivity contribution in [2.75, 3.05) is 0 Å². The number of amidine groups is 1. The van der Waals surface area contributed by atoms with Crippen molar-refractivity contribution in [1.29, 1.82) is 0 Å². The zero-order valence-electron chi connectivity index (χ0n) is 16.8. The number of halogens is 1. The van der Waals surface area contributed by atoms with Crippen LogP contribution in [0, 0.1) is 6.92 Å². The molecule has 0 atom stereocenters. The van der Waals surface area contributed by atoms with Gasteiger partial charge in [0.2, 0.25) is 0 Å². The lowest BCUT2D eigenvalue weighted by Gasteiger charge is -2.10. The van der Waals surface area contributed by atoms with E-state index in [-0.39, 0.29) is 16.6 Å². The van der Waals surface area contributed by atoms with Crippen LogP contribution >= 0.6 is 27.7 Å². The van der Waals surface area contributed by atoms with Gasteiger partial charge in [0.1, 0.15) is 10.6 Å². The van der Waals surface area contributed by atoms with E-state index in [4.69, 9.17) is 4.18 Å². The molecule has 1 amide bonds. The molecule has 162 valence electrons. The van der Waals surface area contributed by atoms with Gasteiger partial charge >= 0.3 is 10.1 Å². The average molecular weight is 529 g/mol. The minimum atomic E-state index is -4.04. The van der Waals surface area contributed by atoms with E-state index < -0.39 is 10.1 Å². The molecule has 1 aliphatic rings. The molecule has 0 radical (unpaired) electrons. The Morgan fingerprint density at radius 1 is 1.03 bits per heavy atom. The highest BCUT2D eigenvalue weighted by atomic mass is 79.9. The van der Waals surface area contributed by atoms with Crippen LogP contribution in [0.5, 0.6) is 5.75 Å². The lowest BCUT2D eigenvalue weighted by atomic mass is 10.2. The number of aliphatic imine (C=N–C) groups is 1. The van der Waals surface area contributed by atoms with E-state index in [1.807, 2.05) is 37.3 Å². The topological polar surface area (TPSA) is 84.8 Å². The maximum Gasteiger partial charge on any atom is 0.339 e. The quantitative estimate of drug-likeness (QED) is 0.353. The fourth-order valence-corrected chi connectivity index (χ4v) is 4.99. The molecule has 0 unspecified atom stereocenters. The third-order valence-electron chi connectivity index (χ3n) is 4.41. The van der Waals surface area contributed by atoms with E-state index in [1.54, 1.807) is 36.4 Å². The number of thioether (sulfide) groups is 1. The predicted octanol–water partition coefficient (Wildman–Crippen LogP) is 5.42. The Kier molecular flexibility index (Phi) is 6.50. The lowest BCUT2D eigenvalue weighted by Crippen LogP contribution is -2.19. The molecule has 32 heavy (non-hydrogen) atoms. The molecule has 0 bridgehead atoms. The van der Waals surface area contributed by atoms with Crippen molar-refractivity contribution in [2.45, 2.75) is 11.8 Å². The Balaban J connectivity index is 1.64. The first-order chi connectivity index (χ1) is 15.3. The minimum absolute atomic E-state index is 0.0508. The van der Waals surface area contributed by atoms with Crippen LogP contribution in [0.2, 0.25) is 0 Å². The van der Waals surface area contributed by atoms with Crippen molar-refractivity contribution in [2.24, 2.45) is 4.99 Å². The molecule has 3 aromatic carbocycles. The van der Waals surface area contributed by atoms with Gasteiger partial charge in [-0.05, 0) is 67.2 Å². The summed E-state index contributed by atoms with van der Waals surface area (Å²) in [4.78, 5) is 17.3. The molecule has 1 heterocycles. The van der Waals surface area contributed by atoms with Crippen molar-refractivity contribution in [3.63, 3.8) is 0 Å². The van der Waals surface area contributed by atoms with Gasteiger partial charge in [-0.25, -0.2) is 4.99 Å². The van der Waals surface area contributed by atoms with Gasteiger partial charge in [-0.15, -0.1) is 0 Å². The molecule has 1 saturated heterocycles. The fraction of sp³-hybridized carbons (Fsp3) is 0.0435. The van der Waals surface area contributed by atoms with Crippen LogP contribution in [-0.4, -0.2) is 19.5 Å². The lowest BCUT2D eigenvalue weighted by molar-refractivity contribution is -0.115. The van der Waals surface area contributed by atoms with Gasteiger partial charge in [0.05, 0.1) is 10.6 Å². The molecule has 0 aromatic heterocycles. The Hall–Kier alpha value is -2.88. The summed E-state index contributed by atoms with van der Waals surface area (Å²) in [6, 6.07) is 20.6. The number of hydrogen-bond donors (Lipinski definition) is 1. The molecule has 1 N–H and O–H groups in total. The third kappa shape index (κ3) is 5.29. The second-order valence-corrected chi connectivity index (χ2v) is 10.3. The van der Waals surface area contributed by atoms with Gasteiger partial charge in [0, 0.05) is 10.0 Å². The number of aryl methyl sites for hydroxylation is 1. The number of rotatable bonds is 5. The molecular formula is C23H17BrN2O4S2. The second-order valence-electron chi connectivity index (χ2n) is 6.85. The van der Waals surface area contributed by atoms with Crippen LogP contribution in [0.1, 0.15) is 11.1 Å². The van der Waals surface area contributed by atoms with Crippen LogP contribution in [0.4, 0.5) is 5.69 Å². The van der Waals surface area contributed by atoms with Crippen LogP contribution in [0.25, 0.3) is 6.08 Å². The summed E-state index contributed by atoms with van der Waals surface area (Å²) in [7, 11) is -4.04. The molecule has 1 fully saturated rings. The summed E-state index contributed by atoms with van der Waals surface area (Å²) < 4.78 is 31.6. The number of carbonyl (C=O) groups excluding carboxylic acids is 1. The van der Waals surface area contributed by atoms with E-state index in [2.05, 4.69) is 26.2 Å². The Morgan fingerprint density at radius 3 is 2.47 bits per heavy atom. The zero-order valence-corrected chi connectivity index (χ0v) is 20.0. The average Bonchev–Trinajstić information content (AvgIpc) is 3.09. The maximum atomic E-state index is 12.7. The number of nitrogens with zero attached hydrogens (tertiary/aromatic N) is 1. The SMILES string of the molecule is Cc1ccc(S(=O)(=O)Oc2ccc(Br)cc2/C=C2\SC(=Nc3ccccc3)NC2=O)cc1. The molecule has 0 saturated carbocycles. The Morgan fingerprint density at radius 2 is 1.75 bits per heavy atom. The van der Waals surface area contributed by atoms with E-state index in [0.717, 1.165) is 5.56 Å². The summed E-state index contributed by atoms with van der Waals surface area (Å²) >= 11 is 4.55. The standard InChI is InChI=1S/C23H17BrN2O4S2/c1-15-7-10-19(11-8-15)32(28,29)30-20-12-9-17(24)13-16(20)14-21-22(27)26-23(31-21)25-18-5-3-2-4-6-18/h2-14H,1H3,(H,25,26,27)/b21-14-. The normalized spacial score (nSPS) is 16.4. The highest BCUT2D eigenvalue weighted by molar-refractivity contribution is 9.10. The van der Waals surface area contributed by atoms with Crippen LogP contribution < -0.4 is 9.50 Å². The smallest absolute Gasteiger partial charge is 0.339 e. The van der Waals surface area contributed by atoms with E-state index in [1.165, 1.54) is 23.9 Å². The molecule has 6 nitrogen and oxygen atoms in total. The first-order valence-corrected chi connectivity index (χ1v) is 12.5. The van der Waals surface area contributed by atoms with Gasteiger partial charge in [-0.3, -0.25) is 4.79 Å². The molecule has 0 aliphatic carbocycles. The number of para-hydroxylation sites is 1. The number of hydrogen-bond acceptors (Lipinski definition) is 6. The second kappa shape index (κ2) is 9.32. The first kappa shape index (κ1) is 22.3. The summed E-state index contributed by atoms with van der Waals surface area (Å²) in [6.45, 7) is 1.87. The van der Waals surface area contributed by atoms with E-state index in [0.29, 0.717) is 25.8 Å². The monoisotopic (exact) mass is 528 g/mol. The number of nitrogens with one attached hydrogen (secondary N) is 1. The predicted molar refractivity (Wildman–Crippen MR) is 130 cm³/mol. The Bertz CT molecular complexity index is 1340. The summed E-state index contributed by atoms with van der Waals surface area (Å²) in [6.07, 6.45) is 1.58. The zero-order chi connectivity index (χ0) is 22.7. The summed E-state index contributed by atoms with van der Waals surface area (Å²) in [5.74, 6) is -0.208. The van der Waals surface area contributed by atoms with Crippen LogP contribution in [0.3, 0.4) is 0 Å². The first-order valence-electron chi connectivity index (χ1n) is 9.45. The maximum absolute atomic E-state index is 12.7. The molecule has 9 heteroatoms. The Labute approximate surface area is 198 Å². The van der Waals surface area contributed by atoms with E-state index in [9.17, 15) is 13.2 Å². The van der Waals surface area contributed by atoms with Gasteiger partial charge < -0.3 is 9.50 Å². The summed E-state index contributed by atoms with van der Waals surface area (Å²) in [5, 5.41) is 3.16. The summed E-state index contributed by atoms with van der Waals surface area (Å²) in [5.41, 5.74) is 2.09. The van der Waals surface area contributed by atoms with Crippen molar-refractivity contribution in [3.05, 3.63) is 93.3 Å². The van der Waals surface area contributed by atoms with Gasteiger partial charge in [0.15, 0.2) is 5.17 Å². The highest BCUT2D eigenvalue weighted by Gasteiger charge is 2.25. The third-order valence-corrected chi connectivity index (χ3v) is 7.06. The van der Waals surface area contributed by atoms with Crippen molar-refractivity contribution in [1.82, 2.24) is 5.32 Å². The van der Waals surface area contributed by atoms with Gasteiger partial charge in [-0.2, -0.15) is 8.42 Å². The minimum Gasteiger partial charge on any atom is -0.378 e. The molecule has 4 rings (SSSR count). The molecular weight excluding hydrogens is 512 g/mol. The van der Waals surface area contributed by atoms with Crippen LogP contribution in [0.15, 0.2) is 92.1 Å². The molecule has 0 spiro atoms. The van der Waals surface area contributed by atoms with Crippen LogP contribution in [-0.2, 0) is 14.9 Å². The van der Waals surface area contributed by atoms with Crippen molar-refractivity contribution in [3.8, 4) is 5.75 Å². The molecule has 3 aromatic rings. The number of amides is 1. The molecule has 1 aliphatic heterocycles. The largest absolute Gasteiger partial charge is 0.378 e. The van der Waals surface area contributed by atoms with E-state index >= 15 is 0 Å². The highest BCUT2D eigenvalue weighted by Crippen LogP contribution is 2.33. The van der Waals surface area contributed by atoms with Gasteiger partial charge in [-0.1, -0.05) is 51.8 Å². The van der Waals surface area contributed by atoms with Gasteiger partial charge in [0.25, 0.3) is 5.91 Å². The number of carbonyl (C=O) groups is 1. The van der Waals surface area contributed by atoms with Crippen molar-refractivity contribution >= 4 is 60.6 Å². The van der Waals surface area contributed by atoms with Crippen molar-refractivity contribution < 1.29 is 17.4 Å².